The Morgan fingerprint density at radius 3 is 2.36 bits per heavy atom. The molecule has 0 saturated carbocycles. The summed E-state index contributed by atoms with van der Waals surface area (Å²) in [6, 6.07) is 2.85. The summed E-state index contributed by atoms with van der Waals surface area (Å²) >= 11 is 12.6. The van der Waals surface area contributed by atoms with Crippen LogP contribution in [-0.2, 0) is 19.3 Å². The maximum Gasteiger partial charge on any atom is 0.417 e. The number of hydrogen-bond donors (Lipinski definition) is 1. The minimum Gasteiger partial charge on any atom is -0.337 e. The molecule has 0 amide bonds. The lowest BCUT2D eigenvalue weighted by Gasteiger charge is -2.17. The summed E-state index contributed by atoms with van der Waals surface area (Å²) in [5.41, 5.74) is -2.87. The molecule has 1 aliphatic heterocycles. The second-order valence-electron chi connectivity index (χ2n) is 7.64. The fourth-order valence-electron chi connectivity index (χ4n) is 4.17. The molecule has 0 fully saturated rings. The Hall–Kier alpha value is -2.85. The topological polar surface area (TPSA) is 55.6 Å². The Bertz CT molecular complexity index is 1490. The van der Waals surface area contributed by atoms with Gasteiger partial charge in [-0.25, -0.2) is 18.4 Å². The number of H-pyrrole nitrogens is 1. The van der Waals surface area contributed by atoms with Gasteiger partial charge in [-0.3, -0.25) is 9.48 Å². The van der Waals surface area contributed by atoms with E-state index in [0.29, 0.717) is 31.3 Å². The average molecular weight is 503 g/mol. The molecule has 12 heteroatoms. The number of alkyl halides is 3. The molecule has 3 heterocycles. The van der Waals surface area contributed by atoms with Gasteiger partial charge < -0.3 is 4.98 Å². The van der Waals surface area contributed by atoms with Crippen LogP contribution in [0.15, 0.2) is 29.1 Å². The number of aromatic nitrogens is 4. The van der Waals surface area contributed by atoms with Crippen LogP contribution in [0, 0.1) is 11.6 Å². The fraction of sp³-hybridized carbons (Fsp3) is 0.238. The standard InChI is InChI=1S/C21H13Cl2F5N4O/c22-12-8-13(25)14(15-18(23)31-5-1-2-6-32(31)20(15)33)17-16(12)29-19(30-17)10-7-9(24)3-4-11(10)21(26,27)28/h3-4,7-8H,1-2,5-6H2,(H,29,30). The van der Waals surface area contributed by atoms with Gasteiger partial charge in [0.25, 0.3) is 5.56 Å². The number of benzene rings is 2. The molecule has 0 unspecified atom stereocenters. The van der Waals surface area contributed by atoms with Crippen molar-refractivity contribution in [3.8, 4) is 22.5 Å². The van der Waals surface area contributed by atoms with Crippen molar-refractivity contribution in [3.63, 3.8) is 0 Å². The summed E-state index contributed by atoms with van der Waals surface area (Å²) < 4.78 is 72.5. The van der Waals surface area contributed by atoms with Gasteiger partial charge in [0, 0.05) is 18.7 Å². The van der Waals surface area contributed by atoms with Gasteiger partial charge >= 0.3 is 6.18 Å². The van der Waals surface area contributed by atoms with Gasteiger partial charge in [-0.1, -0.05) is 23.2 Å². The van der Waals surface area contributed by atoms with Crippen LogP contribution in [0.1, 0.15) is 18.4 Å². The first-order valence-electron chi connectivity index (χ1n) is 9.82. The number of fused-ring (bicyclic) bond motifs is 2. The van der Waals surface area contributed by atoms with Crippen molar-refractivity contribution in [1.29, 1.82) is 0 Å². The Balaban J connectivity index is 1.82. The molecule has 0 radical (unpaired) electrons. The Morgan fingerprint density at radius 1 is 1.00 bits per heavy atom. The van der Waals surface area contributed by atoms with Crippen molar-refractivity contribution in [2.45, 2.75) is 32.1 Å². The SMILES string of the molecule is O=c1c(-c2c(F)cc(Cl)c3nc(-c4cc(F)ccc4C(F)(F)F)[nH]c23)c(Cl)n2n1CCCC2. The molecule has 0 atom stereocenters. The highest BCUT2D eigenvalue weighted by Crippen LogP contribution is 2.41. The summed E-state index contributed by atoms with van der Waals surface area (Å²) in [7, 11) is 0. The van der Waals surface area contributed by atoms with Crippen molar-refractivity contribution >= 4 is 34.2 Å². The lowest BCUT2D eigenvalue weighted by atomic mass is 10.1. The molecule has 33 heavy (non-hydrogen) atoms. The van der Waals surface area contributed by atoms with Crippen LogP contribution in [0.25, 0.3) is 33.5 Å². The van der Waals surface area contributed by atoms with Crippen molar-refractivity contribution in [3.05, 3.63) is 62.0 Å². The summed E-state index contributed by atoms with van der Waals surface area (Å²) in [4.78, 5) is 19.8. The Labute approximate surface area is 192 Å². The molecule has 2 aromatic heterocycles. The summed E-state index contributed by atoms with van der Waals surface area (Å²) in [6.07, 6.45) is -3.28. The molecule has 4 aromatic rings. The highest BCUT2D eigenvalue weighted by atomic mass is 35.5. The predicted octanol–water partition coefficient (Wildman–Crippen LogP) is 6.26. The van der Waals surface area contributed by atoms with Crippen LogP contribution < -0.4 is 5.56 Å². The summed E-state index contributed by atoms with van der Waals surface area (Å²) in [5, 5.41) is -0.195. The van der Waals surface area contributed by atoms with E-state index in [2.05, 4.69) is 9.97 Å². The number of imidazole rings is 1. The van der Waals surface area contributed by atoms with Crippen molar-refractivity contribution in [1.82, 2.24) is 19.3 Å². The van der Waals surface area contributed by atoms with E-state index in [0.717, 1.165) is 18.9 Å². The molecule has 5 nitrogen and oxygen atoms in total. The van der Waals surface area contributed by atoms with Crippen LogP contribution in [0.2, 0.25) is 10.2 Å². The first-order valence-corrected chi connectivity index (χ1v) is 10.6. The molecule has 0 bridgehead atoms. The summed E-state index contributed by atoms with van der Waals surface area (Å²) in [6.45, 7) is 0.849. The molecule has 0 aliphatic carbocycles. The first-order chi connectivity index (χ1) is 15.6. The second-order valence-corrected chi connectivity index (χ2v) is 8.40. The van der Waals surface area contributed by atoms with E-state index in [1.165, 1.54) is 9.36 Å². The maximum absolute atomic E-state index is 15.1. The van der Waals surface area contributed by atoms with Gasteiger partial charge in [-0.15, -0.1) is 0 Å². The highest BCUT2D eigenvalue weighted by Gasteiger charge is 2.35. The molecular formula is C21H13Cl2F5N4O. The number of hydrogen-bond acceptors (Lipinski definition) is 2. The third-order valence-electron chi connectivity index (χ3n) is 5.63. The normalized spacial score (nSPS) is 14.2. The largest absolute Gasteiger partial charge is 0.417 e. The molecule has 1 N–H and O–H groups in total. The first kappa shape index (κ1) is 22.0. The minimum absolute atomic E-state index is 0.000101. The molecule has 1 aliphatic rings. The van der Waals surface area contributed by atoms with Crippen molar-refractivity contribution in [2.75, 3.05) is 0 Å². The lowest BCUT2D eigenvalue weighted by Crippen LogP contribution is -2.27. The fourth-order valence-corrected chi connectivity index (χ4v) is 4.75. The Morgan fingerprint density at radius 2 is 1.70 bits per heavy atom. The van der Waals surface area contributed by atoms with E-state index < -0.39 is 34.5 Å². The van der Waals surface area contributed by atoms with E-state index >= 15 is 4.39 Å². The highest BCUT2D eigenvalue weighted by molar-refractivity contribution is 6.36. The van der Waals surface area contributed by atoms with Crippen LogP contribution in [0.4, 0.5) is 22.0 Å². The number of nitrogens with one attached hydrogen (secondary N) is 1. The zero-order chi connectivity index (χ0) is 23.7. The number of rotatable bonds is 2. The average Bonchev–Trinajstić information content (AvgIpc) is 3.29. The van der Waals surface area contributed by atoms with Gasteiger partial charge in [0.15, 0.2) is 0 Å². The number of halogens is 7. The lowest BCUT2D eigenvalue weighted by molar-refractivity contribution is -0.137. The third-order valence-corrected chi connectivity index (χ3v) is 6.30. The summed E-state index contributed by atoms with van der Waals surface area (Å²) in [5.74, 6) is -2.20. The Kier molecular flexibility index (Phi) is 5.06. The van der Waals surface area contributed by atoms with E-state index in [4.69, 9.17) is 23.2 Å². The second kappa shape index (κ2) is 7.59. The van der Waals surface area contributed by atoms with Gasteiger partial charge in [0.05, 0.1) is 27.2 Å². The number of nitrogens with zero attached hydrogens (tertiary/aromatic N) is 3. The van der Waals surface area contributed by atoms with Gasteiger partial charge in [-0.2, -0.15) is 13.2 Å². The van der Waals surface area contributed by atoms with Crippen LogP contribution in [0.5, 0.6) is 0 Å². The molecule has 2 aromatic carbocycles. The van der Waals surface area contributed by atoms with E-state index in [1.807, 2.05) is 0 Å². The number of aromatic amines is 1. The van der Waals surface area contributed by atoms with Gasteiger partial charge in [0.1, 0.15) is 28.1 Å². The quantitative estimate of drug-likeness (QED) is 0.329. The molecular weight excluding hydrogens is 490 g/mol. The van der Waals surface area contributed by atoms with Crippen molar-refractivity contribution < 1.29 is 22.0 Å². The molecule has 5 rings (SSSR count). The third kappa shape index (κ3) is 3.43. The van der Waals surface area contributed by atoms with E-state index in [9.17, 15) is 22.4 Å². The zero-order valence-corrected chi connectivity index (χ0v) is 18.0. The maximum atomic E-state index is 15.1. The van der Waals surface area contributed by atoms with Crippen LogP contribution in [-0.4, -0.2) is 19.3 Å². The molecule has 172 valence electrons. The van der Waals surface area contributed by atoms with Gasteiger partial charge in [0.2, 0.25) is 0 Å². The van der Waals surface area contributed by atoms with E-state index in [-0.39, 0.29) is 38.2 Å². The van der Waals surface area contributed by atoms with Crippen LogP contribution in [0.3, 0.4) is 0 Å². The monoisotopic (exact) mass is 502 g/mol. The minimum atomic E-state index is -4.80. The zero-order valence-electron chi connectivity index (χ0n) is 16.5. The van der Waals surface area contributed by atoms with Crippen LogP contribution >= 0.6 is 23.2 Å². The molecule has 0 saturated heterocycles. The predicted molar refractivity (Wildman–Crippen MR) is 113 cm³/mol. The smallest absolute Gasteiger partial charge is 0.337 e. The van der Waals surface area contributed by atoms with Crippen molar-refractivity contribution in [2.24, 2.45) is 0 Å². The van der Waals surface area contributed by atoms with E-state index in [1.54, 1.807) is 0 Å². The van der Waals surface area contributed by atoms with Gasteiger partial charge in [-0.05, 0) is 37.1 Å². The molecule has 0 spiro atoms.